The van der Waals surface area contributed by atoms with Crippen LogP contribution in [0.25, 0.3) is 5.57 Å². The second-order valence-corrected chi connectivity index (χ2v) is 5.69. The fraction of sp³-hybridized carbons (Fsp3) is 0.294. The summed E-state index contributed by atoms with van der Waals surface area (Å²) in [5, 5.41) is 13.7. The summed E-state index contributed by atoms with van der Waals surface area (Å²) in [6.07, 6.45) is 0.469. The minimum absolute atomic E-state index is 0.0304. The van der Waals surface area contributed by atoms with E-state index >= 15 is 0 Å². The summed E-state index contributed by atoms with van der Waals surface area (Å²) in [5.74, 6) is -3.93. The number of benzene rings is 1. The topological polar surface area (TPSA) is 90.9 Å². The first-order chi connectivity index (χ1) is 12.4. The maximum atomic E-state index is 14.3. The van der Waals surface area contributed by atoms with Crippen molar-refractivity contribution in [3.63, 3.8) is 0 Å². The van der Waals surface area contributed by atoms with Gasteiger partial charge in [-0.3, -0.25) is 4.79 Å². The van der Waals surface area contributed by atoms with Crippen molar-refractivity contribution in [3.05, 3.63) is 52.7 Å². The van der Waals surface area contributed by atoms with Crippen molar-refractivity contribution < 1.29 is 28.2 Å². The number of esters is 1. The first kappa shape index (κ1) is 17.9. The largest absolute Gasteiger partial charge is 0.494 e. The lowest BCUT2D eigenvalue weighted by molar-refractivity contribution is -0.143. The molecule has 0 radical (unpaired) electrons. The maximum absolute atomic E-state index is 14.3. The van der Waals surface area contributed by atoms with E-state index in [1.807, 2.05) is 6.92 Å². The van der Waals surface area contributed by atoms with E-state index in [0.29, 0.717) is 12.0 Å². The molecular weight excluding hydrogens is 348 g/mol. The first-order valence-electron chi connectivity index (χ1n) is 8.06. The number of rotatable bonds is 4. The van der Waals surface area contributed by atoms with Gasteiger partial charge in [-0.15, -0.1) is 0 Å². The van der Waals surface area contributed by atoms with Gasteiger partial charge in [0.25, 0.3) is 5.91 Å². The average Bonchev–Trinajstić information content (AvgIpc) is 2.94. The predicted octanol–water partition coefficient (Wildman–Crippen LogP) is 1.69. The van der Waals surface area contributed by atoms with Gasteiger partial charge in [-0.2, -0.15) is 0 Å². The van der Waals surface area contributed by atoms with Crippen molar-refractivity contribution in [2.45, 2.75) is 26.3 Å². The molecule has 1 aromatic carbocycles. The van der Waals surface area contributed by atoms with Crippen LogP contribution in [0.1, 0.15) is 25.8 Å². The van der Waals surface area contributed by atoms with Crippen LogP contribution in [0.5, 0.6) is 0 Å². The Morgan fingerprint density at radius 1 is 1.35 bits per heavy atom. The number of aliphatic hydroxyl groups is 1. The second-order valence-electron chi connectivity index (χ2n) is 5.69. The van der Waals surface area contributed by atoms with E-state index in [9.17, 15) is 23.5 Å². The number of halogens is 2. The molecule has 2 aliphatic heterocycles. The normalized spacial score (nSPS) is 19.6. The van der Waals surface area contributed by atoms with Crippen LogP contribution < -0.4 is 10.7 Å². The minimum atomic E-state index is -0.974. The quantitative estimate of drug-likeness (QED) is 0.556. The van der Waals surface area contributed by atoms with Gasteiger partial charge >= 0.3 is 5.97 Å². The predicted molar refractivity (Wildman–Crippen MR) is 86.8 cm³/mol. The molecule has 1 atom stereocenters. The number of fused-ring (bicyclic) bond motifs is 1. The average molecular weight is 365 g/mol. The molecule has 0 saturated carbocycles. The molecule has 2 aliphatic rings. The number of carbonyl (C=O) groups is 2. The van der Waals surface area contributed by atoms with Gasteiger partial charge in [0.15, 0.2) is 5.57 Å². The number of aliphatic hydroxyl groups excluding tert-OH is 1. The van der Waals surface area contributed by atoms with Gasteiger partial charge in [-0.25, -0.2) is 24.0 Å². The third kappa shape index (κ3) is 2.80. The Kier molecular flexibility index (Phi) is 4.64. The van der Waals surface area contributed by atoms with Crippen LogP contribution >= 0.6 is 0 Å². The summed E-state index contributed by atoms with van der Waals surface area (Å²) >= 11 is 0. The molecule has 3 rings (SSSR count). The van der Waals surface area contributed by atoms with Crippen LogP contribution in [0.3, 0.4) is 0 Å². The van der Waals surface area contributed by atoms with E-state index in [1.165, 1.54) is 6.07 Å². The number of ether oxygens (including phenoxy) is 1. The highest BCUT2D eigenvalue weighted by molar-refractivity contribution is 6.18. The molecule has 1 unspecified atom stereocenters. The van der Waals surface area contributed by atoms with Crippen molar-refractivity contribution >= 4 is 17.4 Å². The van der Waals surface area contributed by atoms with E-state index in [2.05, 4.69) is 10.7 Å². The van der Waals surface area contributed by atoms with Crippen molar-refractivity contribution in [2.24, 2.45) is 0 Å². The third-order valence-corrected chi connectivity index (χ3v) is 4.11. The van der Waals surface area contributed by atoms with Crippen LogP contribution in [-0.2, 0) is 14.3 Å². The molecule has 138 valence electrons. The van der Waals surface area contributed by atoms with Crippen molar-refractivity contribution in [3.8, 4) is 0 Å². The molecule has 0 fully saturated rings. The van der Waals surface area contributed by atoms with Gasteiger partial charge < -0.3 is 15.2 Å². The number of nitrogens with one attached hydrogen (secondary N) is 2. The summed E-state index contributed by atoms with van der Waals surface area (Å²) in [4.78, 5) is 24.6. The van der Waals surface area contributed by atoms with Gasteiger partial charge in [-0.05, 0) is 25.5 Å². The molecule has 26 heavy (non-hydrogen) atoms. The molecular formula is C17H17F2N3O4. The van der Waals surface area contributed by atoms with Gasteiger partial charge in [0.2, 0.25) is 5.88 Å². The molecule has 0 aliphatic carbocycles. The Hall–Kier alpha value is -2.94. The Morgan fingerprint density at radius 3 is 2.69 bits per heavy atom. The lowest BCUT2D eigenvalue weighted by Gasteiger charge is -2.27. The van der Waals surface area contributed by atoms with E-state index in [4.69, 9.17) is 4.74 Å². The molecule has 7 nitrogen and oxygen atoms in total. The fourth-order valence-electron chi connectivity index (χ4n) is 2.95. The molecule has 3 N–H and O–H groups in total. The summed E-state index contributed by atoms with van der Waals surface area (Å²) in [5.41, 5.74) is 2.73. The lowest BCUT2D eigenvalue weighted by atomic mass is 9.97. The Labute approximate surface area is 147 Å². The monoisotopic (exact) mass is 365 g/mol. The lowest BCUT2D eigenvalue weighted by Crippen LogP contribution is -2.49. The number of hydrazine groups is 1. The Bertz CT molecular complexity index is 850. The third-order valence-electron chi connectivity index (χ3n) is 4.11. The molecule has 9 heteroatoms. The molecule has 0 bridgehead atoms. The van der Waals surface area contributed by atoms with Gasteiger partial charge in [0.05, 0.1) is 12.6 Å². The summed E-state index contributed by atoms with van der Waals surface area (Å²) in [6, 6.07) is 2.61. The summed E-state index contributed by atoms with van der Waals surface area (Å²) in [6.45, 7) is 3.41. The number of nitrogens with zero attached hydrogens (tertiary/aromatic N) is 1. The van der Waals surface area contributed by atoms with Crippen molar-refractivity contribution in [1.82, 2.24) is 15.8 Å². The SMILES string of the molecule is CCOC(=O)C1=C(O)NC2=C(c3ccc(F)cc3F)C(CC)NN2C1=O. The van der Waals surface area contributed by atoms with Crippen LogP contribution in [0.4, 0.5) is 8.78 Å². The zero-order valence-corrected chi connectivity index (χ0v) is 14.1. The maximum Gasteiger partial charge on any atom is 0.349 e. The van der Waals surface area contributed by atoms with Crippen LogP contribution in [0.15, 0.2) is 35.5 Å². The first-order valence-corrected chi connectivity index (χ1v) is 8.06. The van der Waals surface area contributed by atoms with Crippen molar-refractivity contribution in [1.29, 1.82) is 0 Å². The number of hydrogen-bond donors (Lipinski definition) is 3. The molecule has 0 aromatic heterocycles. The minimum Gasteiger partial charge on any atom is -0.494 e. The van der Waals surface area contributed by atoms with E-state index < -0.39 is 41.0 Å². The fourth-order valence-corrected chi connectivity index (χ4v) is 2.95. The molecule has 1 amide bonds. The zero-order chi connectivity index (χ0) is 19.0. The van der Waals surface area contributed by atoms with Gasteiger partial charge in [-0.1, -0.05) is 6.92 Å². The Morgan fingerprint density at radius 2 is 2.08 bits per heavy atom. The van der Waals surface area contributed by atoms with Gasteiger partial charge in [0, 0.05) is 17.2 Å². The van der Waals surface area contributed by atoms with Gasteiger partial charge in [0.1, 0.15) is 17.5 Å². The molecule has 1 aromatic rings. The molecule has 0 saturated heterocycles. The summed E-state index contributed by atoms with van der Waals surface area (Å²) in [7, 11) is 0. The van der Waals surface area contributed by atoms with Crippen molar-refractivity contribution in [2.75, 3.05) is 6.61 Å². The summed E-state index contributed by atoms with van der Waals surface area (Å²) < 4.78 is 32.3. The highest BCUT2D eigenvalue weighted by Gasteiger charge is 2.43. The van der Waals surface area contributed by atoms with Crippen LogP contribution in [-0.4, -0.2) is 34.6 Å². The van der Waals surface area contributed by atoms with Crippen LogP contribution in [0.2, 0.25) is 0 Å². The number of hydrogen-bond acceptors (Lipinski definition) is 6. The smallest absolute Gasteiger partial charge is 0.349 e. The van der Waals surface area contributed by atoms with Crippen LogP contribution in [0, 0.1) is 11.6 Å². The van der Waals surface area contributed by atoms with E-state index in [1.54, 1.807) is 6.92 Å². The molecule has 0 spiro atoms. The van der Waals surface area contributed by atoms with E-state index in [0.717, 1.165) is 17.1 Å². The standard InChI is InChI=1S/C17H17F2N3O4/c1-3-11-12(9-6-5-8(18)7-10(9)19)14-20-15(23)13(17(25)26-4-2)16(24)22(14)21-11/h5-7,11,20-21,23H,3-4H2,1-2H3. The highest BCUT2D eigenvalue weighted by atomic mass is 19.1. The number of carbonyl (C=O) groups excluding carboxylic acids is 2. The highest BCUT2D eigenvalue weighted by Crippen LogP contribution is 2.35. The second kappa shape index (κ2) is 6.75. The van der Waals surface area contributed by atoms with E-state index in [-0.39, 0.29) is 18.0 Å². The Balaban J connectivity index is 2.11. The number of amides is 1. The zero-order valence-electron chi connectivity index (χ0n) is 14.1. The molecule has 2 heterocycles.